The SMILES string of the molecule is CC(C)(C)c1nnsc1C(=O)NNC(N)=O. The number of nitrogens with one attached hydrogen (secondary N) is 2. The van der Waals surface area contributed by atoms with Gasteiger partial charge in [0.1, 0.15) is 4.88 Å². The first-order valence-corrected chi connectivity index (χ1v) is 5.28. The van der Waals surface area contributed by atoms with Crippen LogP contribution >= 0.6 is 11.5 Å². The van der Waals surface area contributed by atoms with Crippen LogP contribution in [0, 0.1) is 0 Å². The molecule has 0 aliphatic carbocycles. The number of nitrogens with zero attached hydrogens (tertiary/aromatic N) is 2. The summed E-state index contributed by atoms with van der Waals surface area (Å²) in [6.45, 7) is 5.76. The van der Waals surface area contributed by atoms with Gasteiger partial charge in [-0.2, -0.15) is 0 Å². The molecule has 0 bridgehead atoms. The van der Waals surface area contributed by atoms with Crippen LogP contribution in [-0.2, 0) is 5.41 Å². The minimum absolute atomic E-state index is 0.285. The van der Waals surface area contributed by atoms with Crippen LogP contribution < -0.4 is 16.6 Å². The quantitative estimate of drug-likeness (QED) is 0.610. The fourth-order valence-electron chi connectivity index (χ4n) is 1.01. The fraction of sp³-hybridized carbons (Fsp3) is 0.500. The van der Waals surface area contributed by atoms with Crippen LogP contribution in [0.3, 0.4) is 0 Å². The second-order valence-electron chi connectivity index (χ2n) is 4.14. The molecule has 0 atom stereocenters. The zero-order valence-corrected chi connectivity index (χ0v) is 10.0. The largest absolute Gasteiger partial charge is 0.350 e. The molecule has 4 N–H and O–H groups in total. The molecule has 0 saturated heterocycles. The molecule has 88 valence electrons. The molecule has 7 nitrogen and oxygen atoms in total. The molecule has 3 amide bonds. The first kappa shape index (κ1) is 12.4. The molecule has 1 aromatic rings. The summed E-state index contributed by atoms with van der Waals surface area (Å²) in [6.07, 6.45) is 0. The van der Waals surface area contributed by atoms with E-state index in [0.29, 0.717) is 10.6 Å². The van der Waals surface area contributed by atoms with Crippen LogP contribution in [0.1, 0.15) is 36.1 Å². The second kappa shape index (κ2) is 4.44. The number of hydrogen-bond acceptors (Lipinski definition) is 5. The summed E-state index contributed by atoms with van der Waals surface area (Å²) < 4.78 is 3.72. The van der Waals surface area contributed by atoms with Gasteiger partial charge in [0.15, 0.2) is 0 Å². The molecule has 1 rings (SSSR count). The van der Waals surface area contributed by atoms with Crippen molar-refractivity contribution in [2.75, 3.05) is 0 Å². The smallest absolute Gasteiger partial charge is 0.330 e. The van der Waals surface area contributed by atoms with Crippen LogP contribution in [0.5, 0.6) is 0 Å². The Kier molecular flexibility index (Phi) is 3.43. The first-order valence-electron chi connectivity index (χ1n) is 4.51. The van der Waals surface area contributed by atoms with Crippen molar-refractivity contribution >= 4 is 23.5 Å². The number of amides is 3. The van der Waals surface area contributed by atoms with E-state index in [-0.39, 0.29) is 5.41 Å². The topological polar surface area (TPSA) is 110 Å². The van der Waals surface area contributed by atoms with E-state index in [1.54, 1.807) is 0 Å². The molecule has 0 aromatic carbocycles. The number of aromatic nitrogens is 2. The van der Waals surface area contributed by atoms with Gasteiger partial charge in [-0.05, 0) is 11.5 Å². The van der Waals surface area contributed by atoms with Crippen LogP contribution in [0.2, 0.25) is 0 Å². The molecule has 0 spiro atoms. The van der Waals surface area contributed by atoms with Gasteiger partial charge in [0.05, 0.1) is 5.69 Å². The Morgan fingerprint density at radius 2 is 1.94 bits per heavy atom. The van der Waals surface area contributed by atoms with Crippen LogP contribution in [0.25, 0.3) is 0 Å². The summed E-state index contributed by atoms with van der Waals surface area (Å²) in [7, 11) is 0. The molecule has 0 fully saturated rings. The fourth-order valence-corrected chi connectivity index (χ4v) is 1.78. The van der Waals surface area contributed by atoms with Crippen LogP contribution in [0.15, 0.2) is 0 Å². The highest BCUT2D eigenvalue weighted by atomic mass is 32.1. The summed E-state index contributed by atoms with van der Waals surface area (Å²) in [6, 6.07) is -0.830. The van der Waals surface area contributed by atoms with Crippen molar-refractivity contribution in [2.24, 2.45) is 5.73 Å². The number of primary amides is 1. The van der Waals surface area contributed by atoms with Gasteiger partial charge in [-0.25, -0.2) is 10.2 Å². The van der Waals surface area contributed by atoms with E-state index in [1.165, 1.54) is 0 Å². The summed E-state index contributed by atoms with van der Waals surface area (Å²) in [5.74, 6) is -0.473. The maximum absolute atomic E-state index is 11.6. The van der Waals surface area contributed by atoms with Crippen molar-refractivity contribution in [3.63, 3.8) is 0 Å². The Morgan fingerprint density at radius 1 is 1.31 bits per heavy atom. The van der Waals surface area contributed by atoms with E-state index in [0.717, 1.165) is 11.5 Å². The van der Waals surface area contributed by atoms with Crippen molar-refractivity contribution < 1.29 is 9.59 Å². The van der Waals surface area contributed by atoms with Gasteiger partial charge in [-0.3, -0.25) is 10.2 Å². The predicted octanol–water partition coefficient (Wildman–Crippen LogP) is 0.149. The molecule has 1 heterocycles. The normalized spacial score (nSPS) is 10.9. The Labute approximate surface area is 96.5 Å². The molecule has 0 radical (unpaired) electrons. The minimum atomic E-state index is -0.830. The lowest BCUT2D eigenvalue weighted by Gasteiger charge is -2.15. The number of hydrogen-bond donors (Lipinski definition) is 3. The third-order valence-corrected chi connectivity index (χ3v) is 2.43. The number of hydrazine groups is 1. The van der Waals surface area contributed by atoms with E-state index in [2.05, 4.69) is 15.0 Å². The number of urea groups is 1. The molecule has 0 saturated carbocycles. The minimum Gasteiger partial charge on any atom is -0.350 e. The average molecular weight is 243 g/mol. The van der Waals surface area contributed by atoms with Crippen LogP contribution in [0.4, 0.5) is 4.79 Å². The molecule has 1 aromatic heterocycles. The van der Waals surface area contributed by atoms with Crippen molar-refractivity contribution in [3.8, 4) is 0 Å². The van der Waals surface area contributed by atoms with Gasteiger partial charge >= 0.3 is 6.03 Å². The molecular formula is C8H13N5O2S. The summed E-state index contributed by atoms with van der Waals surface area (Å²) in [4.78, 5) is 22.4. The lowest BCUT2D eigenvalue weighted by atomic mass is 9.91. The lowest BCUT2D eigenvalue weighted by Crippen LogP contribution is -2.44. The van der Waals surface area contributed by atoms with Crippen molar-refractivity contribution in [1.82, 2.24) is 20.4 Å². The third kappa shape index (κ3) is 2.89. The van der Waals surface area contributed by atoms with Crippen molar-refractivity contribution in [3.05, 3.63) is 10.6 Å². The van der Waals surface area contributed by atoms with E-state index >= 15 is 0 Å². The standard InChI is InChI=1S/C8H13N5O2S/c1-8(2,3)5-4(16-13-10-5)6(14)11-12-7(9)15/h1-3H3,(H,11,14)(H3,9,12,15). The van der Waals surface area contributed by atoms with Gasteiger partial charge in [0.25, 0.3) is 5.91 Å². The summed E-state index contributed by atoms with van der Waals surface area (Å²) >= 11 is 0.971. The Balaban J connectivity index is 2.84. The third-order valence-electron chi connectivity index (χ3n) is 1.70. The monoisotopic (exact) mass is 243 g/mol. The molecule has 16 heavy (non-hydrogen) atoms. The van der Waals surface area contributed by atoms with Crippen molar-refractivity contribution in [1.29, 1.82) is 0 Å². The molecule has 0 aliphatic rings. The zero-order chi connectivity index (χ0) is 12.3. The average Bonchev–Trinajstić information content (AvgIpc) is 2.61. The molecule has 8 heteroatoms. The number of rotatable bonds is 1. The zero-order valence-electron chi connectivity index (χ0n) is 9.20. The second-order valence-corrected chi connectivity index (χ2v) is 4.90. The highest BCUT2D eigenvalue weighted by molar-refractivity contribution is 7.08. The van der Waals surface area contributed by atoms with Gasteiger partial charge in [-0.15, -0.1) is 5.10 Å². The van der Waals surface area contributed by atoms with Gasteiger partial charge in [0, 0.05) is 5.41 Å². The Morgan fingerprint density at radius 3 is 2.44 bits per heavy atom. The number of carbonyl (C=O) groups excluding carboxylic acids is 2. The summed E-state index contributed by atoms with van der Waals surface area (Å²) in [5, 5.41) is 3.90. The molecule has 0 unspecified atom stereocenters. The van der Waals surface area contributed by atoms with Gasteiger partial charge in [0.2, 0.25) is 0 Å². The molecule has 0 aliphatic heterocycles. The van der Waals surface area contributed by atoms with E-state index < -0.39 is 11.9 Å². The number of carbonyl (C=O) groups is 2. The maximum Gasteiger partial charge on any atom is 0.330 e. The Hall–Kier alpha value is -1.70. The first-order chi connectivity index (χ1) is 7.32. The van der Waals surface area contributed by atoms with Crippen molar-refractivity contribution in [2.45, 2.75) is 26.2 Å². The van der Waals surface area contributed by atoms with Crippen LogP contribution in [-0.4, -0.2) is 21.5 Å². The van der Waals surface area contributed by atoms with Gasteiger partial charge < -0.3 is 5.73 Å². The summed E-state index contributed by atoms with van der Waals surface area (Å²) in [5.41, 5.74) is 9.29. The van der Waals surface area contributed by atoms with Gasteiger partial charge in [-0.1, -0.05) is 25.3 Å². The van der Waals surface area contributed by atoms with E-state index in [1.807, 2.05) is 26.2 Å². The number of nitrogens with two attached hydrogens (primary N) is 1. The van der Waals surface area contributed by atoms with E-state index in [9.17, 15) is 9.59 Å². The lowest BCUT2D eigenvalue weighted by molar-refractivity contribution is 0.0939. The maximum atomic E-state index is 11.6. The molecular weight excluding hydrogens is 230 g/mol. The Bertz CT molecular complexity index is 409. The van der Waals surface area contributed by atoms with E-state index in [4.69, 9.17) is 5.73 Å². The highest BCUT2D eigenvalue weighted by Gasteiger charge is 2.26. The highest BCUT2D eigenvalue weighted by Crippen LogP contribution is 2.25. The predicted molar refractivity (Wildman–Crippen MR) is 58.8 cm³/mol.